The van der Waals surface area contributed by atoms with Crippen molar-refractivity contribution in [1.82, 2.24) is 5.32 Å². The summed E-state index contributed by atoms with van der Waals surface area (Å²) in [5.41, 5.74) is 8.26. The molecule has 0 bridgehead atoms. The highest BCUT2D eigenvalue weighted by atomic mass is 16.2. The Morgan fingerprint density at radius 2 is 1.61 bits per heavy atom. The number of carbonyl (C=O) groups excluding carboxylic acids is 3. The van der Waals surface area contributed by atoms with Crippen molar-refractivity contribution in [3.8, 4) is 0 Å². The Bertz CT molecular complexity index is 867. The number of rotatable bonds is 6. The Kier molecular flexibility index (Phi) is 6.57. The van der Waals surface area contributed by atoms with Gasteiger partial charge in [-0.15, -0.1) is 0 Å². The minimum Gasteiger partial charge on any atom is -0.368 e. The van der Waals surface area contributed by atoms with Crippen molar-refractivity contribution in [3.05, 3.63) is 65.2 Å². The van der Waals surface area contributed by atoms with E-state index in [1.54, 1.807) is 24.3 Å². The predicted molar refractivity (Wildman–Crippen MR) is 110 cm³/mol. The summed E-state index contributed by atoms with van der Waals surface area (Å²) in [5, 5.41) is 5.29. The van der Waals surface area contributed by atoms with Crippen LogP contribution < -0.4 is 16.4 Å². The van der Waals surface area contributed by atoms with Crippen LogP contribution in [0.1, 0.15) is 49.2 Å². The first-order chi connectivity index (χ1) is 13.1. The van der Waals surface area contributed by atoms with Crippen LogP contribution in [0.15, 0.2) is 48.5 Å². The van der Waals surface area contributed by atoms with Gasteiger partial charge in [-0.1, -0.05) is 57.2 Å². The van der Waals surface area contributed by atoms with Crippen LogP contribution in [-0.2, 0) is 21.4 Å². The molecule has 2 aromatic rings. The second-order valence-electron chi connectivity index (χ2n) is 7.81. The van der Waals surface area contributed by atoms with Gasteiger partial charge in [0.1, 0.15) is 6.04 Å². The quantitative estimate of drug-likeness (QED) is 0.717. The second-order valence-corrected chi connectivity index (χ2v) is 7.81. The summed E-state index contributed by atoms with van der Waals surface area (Å²) in [5.74, 6) is -1.38. The van der Waals surface area contributed by atoms with E-state index in [1.807, 2.05) is 24.3 Å². The lowest BCUT2D eigenvalue weighted by atomic mass is 9.86. The van der Waals surface area contributed by atoms with Crippen molar-refractivity contribution < 1.29 is 14.4 Å². The monoisotopic (exact) mass is 381 g/mol. The molecule has 0 aliphatic rings. The highest BCUT2D eigenvalue weighted by molar-refractivity contribution is 6.04. The normalized spacial score (nSPS) is 12.1. The van der Waals surface area contributed by atoms with Gasteiger partial charge < -0.3 is 16.4 Å². The van der Waals surface area contributed by atoms with Crippen molar-refractivity contribution in [1.29, 1.82) is 0 Å². The molecule has 0 radical (unpaired) electrons. The maximum absolute atomic E-state index is 12.7. The van der Waals surface area contributed by atoms with Crippen molar-refractivity contribution in [2.45, 2.75) is 45.6 Å². The van der Waals surface area contributed by atoms with Crippen molar-refractivity contribution in [2.75, 3.05) is 5.32 Å². The molecule has 2 aromatic carbocycles. The van der Waals surface area contributed by atoms with E-state index in [1.165, 1.54) is 12.5 Å². The molecule has 0 unspecified atom stereocenters. The number of carbonyl (C=O) groups is 3. The van der Waals surface area contributed by atoms with Crippen molar-refractivity contribution in [2.24, 2.45) is 5.73 Å². The molecule has 0 saturated heterocycles. The lowest BCUT2D eigenvalue weighted by Gasteiger charge is -2.20. The molecular formula is C22H27N3O3. The number of hydrogen-bond donors (Lipinski definition) is 3. The Balaban J connectivity index is 2.16. The fraction of sp³-hybridized carbons (Fsp3) is 0.318. The number of nitrogens with one attached hydrogen (secondary N) is 2. The minimum atomic E-state index is -0.863. The van der Waals surface area contributed by atoms with E-state index in [0.29, 0.717) is 5.69 Å². The van der Waals surface area contributed by atoms with E-state index in [2.05, 4.69) is 31.4 Å². The molecule has 6 nitrogen and oxygen atoms in total. The fourth-order valence-corrected chi connectivity index (χ4v) is 2.82. The van der Waals surface area contributed by atoms with Gasteiger partial charge in [-0.2, -0.15) is 0 Å². The Morgan fingerprint density at radius 3 is 2.14 bits per heavy atom. The molecule has 2 rings (SSSR count). The number of primary amides is 1. The molecule has 28 heavy (non-hydrogen) atoms. The van der Waals surface area contributed by atoms with Gasteiger partial charge in [-0.25, -0.2) is 0 Å². The zero-order chi connectivity index (χ0) is 20.9. The van der Waals surface area contributed by atoms with E-state index in [9.17, 15) is 14.4 Å². The molecule has 0 heterocycles. The fourth-order valence-electron chi connectivity index (χ4n) is 2.82. The zero-order valence-electron chi connectivity index (χ0n) is 16.7. The van der Waals surface area contributed by atoms with Gasteiger partial charge in [0.25, 0.3) is 5.91 Å². The maximum Gasteiger partial charge on any atom is 0.254 e. The highest BCUT2D eigenvalue weighted by Crippen LogP contribution is 2.22. The largest absolute Gasteiger partial charge is 0.368 e. The number of amides is 3. The van der Waals surface area contributed by atoms with E-state index in [-0.39, 0.29) is 23.3 Å². The summed E-state index contributed by atoms with van der Waals surface area (Å²) in [7, 11) is 0. The molecule has 4 N–H and O–H groups in total. The Morgan fingerprint density at radius 1 is 1.00 bits per heavy atom. The molecule has 6 heteroatoms. The van der Waals surface area contributed by atoms with Crippen LogP contribution in [0.4, 0.5) is 5.69 Å². The summed E-state index contributed by atoms with van der Waals surface area (Å²) in [4.78, 5) is 35.9. The molecule has 0 aromatic heterocycles. The SMILES string of the molecule is CC(=O)Nc1ccccc1C(=O)N[C@@H](Cc1ccc(C(C)(C)C)cc1)C(N)=O. The summed E-state index contributed by atoms with van der Waals surface area (Å²) < 4.78 is 0. The third kappa shape index (κ3) is 5.67. The number of benzene rings is 2. The molecular weight excluding hydrogens is 354 g/mol. The molecule has 0 aliphatic carbocycles. The molecule has 0 aliphatic heterocycles. The van der Waals surface area contributed by atoms with Crippen LogP contribution in [0.2, 0.25) is 0 Å². The summed E-state index contributed by atoms with van der Waals surface area (Å²) in [6.07, 6.45) is 0.286. The van der Waals surface area contributed by atoms with Crippen LogP contribution in [0.5, 0.6) is 0 Å². The van der Waals surface area contributed by atoms with E-state index in [0.717, 1.165) is 5.56 Å². The first-order valence-electron chi connectivity index (χ1n) is 9.14. The van der Waals surface area contributed by atoms with E-state index in [4.69, 9.17) is 5.73 Å². The Labute approximate surface area is 165 Å². The van der Waals surface area contributed by atoms with Crippen LogP contribution in [0, 0.1) is 0 Å². The van der Waals surface area contributed by atoms with Gasteiger partial charge in [0.2, 0.25) is 11.8 Å². The molecule has 0 fully saturated rings. The predicted octanol–water partition coefficient (Wildman–Crippen LogP) is 2.77. The Hall–Kier alpha value is -3.15. The number of anilines is 1. The molecule has 0 saturated carbocycles. The molecule has 148 valence electrons. The van der Waals surface area contributed by atoms with Crippen LogP contribution >= 0.6 is 0 Å². The van der Waals surface area contributed by atoms with Gasteiger partial charge in [-0.3, -0.25) is 14.4 Å². The van der Waals surface area contributed by atoms with Crippen LogP contribution in [0.3, 0.4) is 0 Å². The van der Waals surface area contributed by atoms with E-state index >= 15 is 0 Å². The zero-order valence-corrected chi connectivity index (χ0v) is 16.7. The van der Waals surface area contributed by atoms with Crippen molar-refractivity contribution >= 4 is 23.4 Å². The smallest absolute Gasteiger partial charge is 0.254 e. The van der Waals surface area contributed by atoms with Crippen molar-refractivity contribution in [3.63, 3.8) is 0 Å². The number of para-hydroxylation sites is 1. The van der Waals surface area contributed by atoms with E-state index < -0.39 is 17.9 Å². The summed E-state index contributed by atoms with van der Waals surface area (Å²) in [6.45, 7) is 7.74. The number of nitrogens with two attached hydrogens (primary N) is 1. The second kappa shape index (κ2) is 8.69. The van der Waals surface area contributed by atoms with Gasteiger partial charge in [0.15, 0.2) is 0 Å². The van der Waals surface area contributed by atoms with Crippen LogP contribution in [-0.4, -0.2) is 23.8 Å². The first-order valence-corrected chi connectivity index (χ1v) is 9.14. The third-order valence-electron chi connectivity index (χ3n) is 4.39. The molecule has 3 amide bonds. The van der Waals surface area contributed by atoms with Gasteiger partial charge in [0.05, 0.1) is 11.3 Å². The third-order valence-corrected chi connectivity index (χ3v) is 4.39. The average molecular weight is 381 g/mol. The summed E-state index contributed by atoms with van der Waals surface area (Å²) >= 11 is 0. The maximum atomic E-state index is 12.7. The first kappa shape index (κ1) is 21.2. The van der Waals surface area contributed by atoms with Gasteiger partial charge in [0, 0.05) is 13.3 Å². The summed E-state index contributed by atoms with van der Waals surface area (Å²) in [6, 6.07) is 13.6. The van der Waals surface area contributed by atoms with Crippen LogP contribution in [0.25, 0.3) is 0 Å². The lowest BCUT2D eigenvalue weighted by molar-refractivity contribution is -0.119. The number of hydrogen-bond acceptors (Lipinski definition) is 3. The minimum absolute atomic E-state index is 0.0310. The molecule has 0 spiro atoms. The lowest BCUT2D eigenvalue weighted by Crippen LogP contribution is -2.46. The van der Waals surface area contributed by atoms with Gasteiger partial charge >= 0.3 is 0 Å². The topological polar surface area (TPSA) is 101 Å². The molecule has 1 atom stereocenters. The highest BCUT2D eigenvalue weighted by Gasteiger charge is 2.22. The van der Waals surface area contributed by atoms with Gasteiger partial charge in [-0.05, 0) is 28.7 Å². The standard InChI is InChI=1S/C22H27N3O3/c1-14(26)24-18-8-6-5-7-17(18)21(28)25-19(20(23)27)13-15-9-11-16(12-10-15)22(2,3)4/h5-12,19H,13H2,1-4H3,(H2,23,27)(H,24,26)(H,25,28)/t19-/m0/s1. The average Bonchev–Trinajstić information content (AvgIpc) is 2.60.